The summed E-state index contributed by atoms with van der Waals surface area (Å²) in [6, 6.07) is 0. The van der Waals surface area contributed by atoms with E-state index in [0.29, 0.717) is 0 Å². The fourth-order valence-corrected chi connectivity index (χ4v) is 11.8. The number of hydrogen-bond acceptors (Lipinski definition) is 0. The molecule has 4 atom stereocenters. The minimum absolute atomic E-state index is 0.782. The molecule has 0 saturated heterocycles. The monoisotopic (exact) mass is 363 g/mol. The summed E-state index contributed by atoms with van der Waals surface area (Å²) in [5.41, 5.74) is 3.13. The highest BCUT2D eigenvalue weighted by Crippen LogP contribution is 2.76. The van der Waals surface area contributed by atoms with E-state index in [0.717, 1.165) is 22.6 Å². The zero-order chi connectivity index (χ0) is 19.3. The molecule has 0 aromatic heterocycles. The van der Waals surface area contributed by atoms with Crippen molar-refractivity contribution in [2.45, 2.75) is 104 Å². The van der Waals surface area contributed by atoms with E-state index in [1.807, 2.05) is 0 Å². The van der Waals surface area contributed by atoms with E-state index >= 15 is 0 Å². The van der Waals surface area contributed by atoms with Crippen LogP contribution in [0.2, 0.25) is 0 Å². The first-order chi connectivity index (χ1) is 11.9. The third-order valence-electron chi connectivity index (χ3n) is 5.91. The van der Waals surface area contributed by atoms with E-state index < -0.39 is 7.26 Å². The highest BCUT2D eigenvalue weighted by molar-refractivity contribution is 7.78. The van der Waals surface area contributed by atoms with Crippen LogP contribution in [0.15, 0.2) is 48.6 Å². The fraction of sp³-hybridized carbons (Fsp3) is 0.667. The molecule has 0 aromatic rings. The van der Waals surface area contributed by atoms with Crippen LogP contribution in [0.4, 0.5) is 0 Å². The lowest BCUT2D eigenvalue weighted by Crippen LogP contribution is -2.34. The molecule has 0 spiro atoms. The van der Waals surface area contributed by atoms with Gasteiger partial charge in [-0.2, -0.15) is 0 Å². The Morgan fingerprint density at radius 2 is 0.680 bits per heavy atom. The van der Waals surface area contributed by atoms with Crippen LogP contribution in [0, 0.1) is 0 Å². The highest BCUT2D eigenvalue weighted by Gasteiger charge is 2.54. The van der Waals surface area contributed by atoms with Crippen molar-refractivity contribution < 1.29 is 0 Å². The van der Waals surface area contributed by atoms with Crippen LogP contribution in [0.3, 0.4) is 0 Å². The molecule has 1 heteroatoms. The second kappa shape index (κ2) is 13.6. The van der Waals surface area contributed by atoms with Gasteiger partial charge in [-0.1, -0.05) is 48.6 Å². The van der Waals surface area contributed by atoms with Crippen LogP contribution in [-0.4, -0.2) is 22.6 Å². The van der Waals surface area contributed by atoms with E-state index in [1.54, 1.807) is 0 Å². The van der Waals surface area contributed by atoms with Gasteiger partial charge in [-0.05, 0) is 55.4 Å². The van der Waals surface area contributed by atoms with Crippen molar-refractivity contribution in [2.75, 3.05) is 0 Å². The highest BCUT2D eigenvalue weighted by atomic mass is 31.2. The minimum atomic E-state index is -1.18. The average Bonchev–Trinajstić information content (AvgIpc) is 2.61. The molecule has 0 aliphatic rings. The number of hydrogen-bond donors (Lipinski definition) is 0. The van der Waals surface area contributed by atoms with Gasteiger partial charge in [0.2, 0.25) is 0 Å². The van der Waals surface area contributed by atoms with Gasteiger partial charge < -0.3 is 0 Å². The van der Waals surface area contributed by atoms with Gasteiger partial charge >= 0.3 is 0 Å². The molecule has 144 valence electrons. The topological polar surface area (TPSA) is 0 Å². The van der Waals surface area contributed by atoms with E-state index in [4.69, 9.17) is 0 Å². The van der Waals surface area contributed by atoms with Crippen molar-refractivity contribution in [2.24, 2.45) is 0 Å². The molecule has 0 radical (unpaired) electrons. The van der Waals surface area contributed by atoms with Gasteiger partial charge in [-0.15, -0.1) is 0 Å². The summed E-state index contributed by atoms with van der Waals surface area (Å²) < 4.78 is 0. The van der Waals surface area contributed by atoms with Gasteiger partial charge in [0.1, 0.15) is 0 Å². The molecule has 0 fully saturated rings. The first-order valence-corrected chi connectivity index (χ1v) is 12.3. The van der Waals surface area contributed by atoms with Gasteiger partial charge in [-0.3, -0.25) is 0 Å². The van der Waals surface area contributed by atoms with E-state index in [2.05, 4.69) is 104 Å². The summed E-state index contributed by atoms with van der Waals surface area (Å²) in [4.78, 5) is 0. The Hall–Kier alpha value is -0.610. The predicted molar refractivity (Wildman–Crippen MR) is 122 cm³/mol. The van der Waals surface area contributed by atoms with Crippen molar-refractivity contribution in [3.8, 4) is 0 Å². The number of allylic oxidation sites excluding steroid dienone is 8. The van der Waals surface area contributed by atoms with Gasteiger partial charge in [-0.25, -0.2) is 0 Å². The number of rotatable bonds is 12. The Balaban J connectivity index is 6.05. The predicted octanol–water partition coefficient (Wildman–Crippen LogP) is 8.42. The molecule has 0 N–H and O–H groups in total. The summed E-state index contributed by atoms with van der Waals surface area (Å²) in [7, 11) is -1.18. The Bertz CT molecular complexity index is 356. The summed E-state index contributed by atoms with van der Waals surface area (Å²) in [6.07, 6.45) is 23.4. The summed E-state index contributed by atoms with van der Waals surface area (Å²) >= 11 is 0. The normalized spacial score (nSPS) is 20.5. The molecule has 25 heavy (non-hydrogen) atoms. The van der Waals surface area contributed by atoms with Crippen LogP contribution in [0.5, 0.6) is 0 Å². The quantitative estimate of drug-likeness (QED) is 0.241. The third-order valence-corrected chi connectivity index (χ3v) is 12.9. The fourth-order valence-electron chi connectivity index (χ4n) is 4.67. The molecule has 0 rings (SSSR count). The SMILES string of the molecule is C/C=C/CC(C)[P+](C(C)C/C=C/C)(C(C)C/C=C/C)C(C)C/C=C/C. The average molecular weight is 364 g/mol. The Morgan fingerprint density at radius 3 is 0.840 bits per heavy atom. The van der Waals surface area contributed by atoms with Gasteiger partial charge in [0.25, 0.3) is 0 Å². The molecule has 0 aliphatic heterocycles. The molecule has 0 aliphatic carbocycles. The molecule has 0 nitrogen and oxygen atoms in total. The molecule has 0 saturated carbocycles. The molecule has 4 unspecified atom stereocenters. The summed E-state index contributed by atoms with van der Waals surface area (Å²) in [5, 5.41) is 0. The van der Waals surface area contributed by atoms with E-state index in [-0.39, 0.29) is 0 Å². The maximum absolute atomic E-state index is 2.54. The molecular weight excluding hydrogens is 319 g/mol. The van der Waals surface area contributed by atoms with E-state index in [9.17, 15) is 0 Å². The Kier molecular flexibility index (Phi) is 13.2. The standard InChI is InChI=1S/C24H44P/c1-9-13-17-21(5)25(22(6)18-14-10-2,23(7)19-15-11-3)24(8)20-16-12-4/h9-16,21-24H,17-20H2,1-8H3/q+1/b13-9+,14-10+,15-11+,16-12+. The molecule has 0 bridgehead atoms. The third kappa shape index (κ3) is 6.90. The van der Waals surface area contributed by atoms with Crippen molar-refractivity contribution in [1.29, 1.82) is 0 Å². The van der Waals surface area contributed by atoms with E-state index in [1.165, 1.54) is 25.7 Å². The van der Waals surface area contributed by atoms with Gasteiger partial charge in [0.15, 0.2) is 0 Å². The second-order valence-corrected chi connectivity index (χ2v) is 12.8. The first-order valence-electron chi connectivity index (χ1n) is 10.3. The maximum atomic E-state index is 2.54. The van der Waals surface area contributed by atoms with Gasteiger partial charge in [0.05, 0.1) is 22.6 Å². The van der Waals surface area contributed by atoms with Gasteiger partial charge in [0, 0.05) is 32.9 Å². The van der Waals surface area contributed by atoms with Crippen LogP contribution < -0.4 is 0 Å². The second-order valence-electron chi connectivity index (χ2n) is 7.51. The van der Waals surface area contributed by atoms with Crippen LogP contribution in [0.25, 0.3) is 0 Å². The lowest BCUT2D eigenvalue weighted by Gasteiger charge is -2.45. The smallest absolute Gasteiger partial charge is 0.0712 e. The van der Waals surface area contributed by atoms with Crippen LogP contribution in [-0.2, 0) is 0 Å². The molecule has 0 aromatic carbocycles. The molecule has 0 heterocycles. The zero-order valence-corrected chi connectivity index (χ0v) is 19.1. The van der Waals surface area contributed by atoms with Crippen molar-refractivity contribution in [1.82, 2.24) is 0 Å². The van der Waals surface area contributed by atoms with Crippen molar-refractivity contribution in [3.63, 3.8) is 0 Å². The lowest BCUT2D eigenvalue weighted by atomic mass is 10.3. The van der Waals surface area contributed by atoms with Crippen LogP contribution in [0.1, 0.15) is 81.1 Å². The largest absolute Gasteiger partial charge is 0.0915 e. The first kappa shape index (κ1) is 24.4. The minimum Gasteiger partial charge on any atom is -0.0915 e. The lowest BCUT2D eigenvalue weighted by molar-refractivity contribution is 0.764. The Labute approximate surface area is 159 Å². The molecule has 0 amide bonds. The Morgan fingerprint density at radius 1 is 0.480 bits per heavy atom. The molecular formula is C24H44P+. The van der Waals surface area contributed by atoms with Crippen LogP contribution >= 0.6 is 7.26 Å². The maximum Gasteiger partial charge on any atom is 0.0712 e. The summed E-state index contributed by atoms with van der Waals surface area (Å²) in [6.45, 7) is 18.8. The van der Waals surface area contributed by atoms with Crippen molar-refractivity contribution in [3.05, 3.63) is 48.6 Å². The summed E-state index contributed by atoms with van der Waals surface area (Å²) in [5.74, 6) is 0. The van der Waals surface area contributed by atoms with Crippen molar-refractivity contribution >= 4 is 7.26 Å². The zero-order valence-electron chi connectivity index (χ0n) is 18.2.